The first-order valence-corrected chi connectivity index (χ1v) is 6.11. The molecule has 1 aromatic rings. The van der Waals surface area contributed by atoms with Gasteiger partial charge in [-0.2, -0.15) is 0 Å². The molecule has 1 N–H and O–H groups in total. The van der Waals surface area contributed by atoms with Crippen LogP contribution in [0.25, 0.3) is 0 Å². The first-order chi connectivity index (χ1) is 7.25. The van der Waals surface area contributed by atoms with Crippen molar-refractivity contribution in [3.63, 3.8) is 0 Å². The fourth-order valence-corrected chi connectivity index (χ4v) is 3.51. The van der Waals surface area contributed by atoms with Crippen LogP contribution in [0.4, 0.5) is 0 Å². The lowest BCUT2D eigenvalue weighted by Crippen LogP contribution is -2.31. The van der Waals surface area contributed by atoms with Crippen molar-refractivity contribution >= 4 is 21.8 Å². The number of amides is 1. The van der Waals surface area contributed by atoms with Gasteiger partial charge in [-0.1, -0.05) is 28.1 Å². The zero-order valence-corrected chi connectivity index (χ0v) is 9.88. The molecule has 2 atom stereocenters. The third-order valence-electron chi connectivity index (χ3n) is 3.48. The second kappa shape index (κ2) is 3.34. The number of hydrogen-bond donors (Lipinski definition) is 1. The van der Waals surface area contributed by atoms with Crippen molar-refractivity contribution in [3.8, 4) is 0 Å². The molecule has 3 heteroatoms. The summed E-state index contributed by atoms with van der Waals surface area (Å²) in [7, 11) is 0. The van der Waals surface area contributed by atoms with Gasteiger partial charge < -0.3 is 5.32 Å². The van der Waals surface area contributed by atoms with E-state index in [1.54, 1.807) is 0 Å². The molecule has 2 aliphatic rings. The van der Waals surface area contributed by atoms with Crippen molar-refractivity contribution in [2.75, 3.05) is 0 Å². The highest BCUT2D eigenvalue weighted by Crippen LogP contribution is 2.41. The molecule has 1 aromatic carbocycles. The Kier molecular flexibility index (Phi) is 2.09. The number of carbonyl (C=O) groups is 1. The van der Waals surface area contributed by atoms with E-state index in [0.29, 0.717) is 18.4 Å². The molecule has 0 radical (unpaired) electrons. The summed E-state index contributed by atoms with van der Waals surface area (Å²) in [6, 6.07) is 6.69. The van der Waals surface area contributed by atoms with Crippen LogP contribution >= 0.6 is 15.9 Å². The van der Waals surface area contributed by atoms with E-state index < -0.39 is 0 Å². The van der Waals surface area contributed by atoms with Gasteiger partial charge in [-0.15, -0.1) is 0 Å². The quantitative estimate of drug-likeness (QED) is 0.767. The monoisotopic (exact) mass is 265 g/mol. The lowest BCUT2D eigenvalue weighted by atomic mass is 9.80. The van der Waals surface area contributed by atoms with Crippen LogP contribution in [-0.2, 0) is 11.2 Å². The summed E-state index contributed by atoms with van der Waals surface area (Å²) in [4.78, 5) is 11.4. The highest BCUT2D eigenvalue weighted by atomic mass is 79.9. The normalized spacial score (nSPS) is 28.2. The summed E-state index contributed by atoms with van der Waals surface area (Å²) in [6.07, 6.45) is 2.82. The predicted molar refractivity (Wildman–Crippen MR) is 61.8 cm³/mol. The van der Waals surface area contributed by atoms with Gasteiger partial charge in [-0.05, 0) is 30.0 Å². The van der Waals surface area contributed by atoms with Crippen LogP contribution in [0.2, 0.25) is 0 Å². The molecule has 2 nitrogen and oxygen atoms in total. The van der Waals surface area contributed by atoms with E-state index >= 15 is 0 Å². The van der Waals surface area contributed by atoms with E-state index in [1.807, 2.05) is 0 Å². The number of halogens is 1. The van der Waals surface area contributed by atoms with Gasteiger partial charge in [0.1, 0.15) is 0 Å². The molecule has 0 spiro atoms. The van der Waals surface area contributed by atoms with Gasteiger partial charge >= 0.3 is 0 Å². The molecule has 1 aliphatic heterocycles. The maximum absolute atomic E-state index is 11.4. The second-order valence-electron chi connectivity index (χ2n) is 4.34. The van der Waals surface area contributed by atoms with E-state index in [0.717, 1.165) is 17.3 Å². The van der Waals surface area contributed by atoms with Gasteiger partial charge in [0.2, 0.25) is 5.91 Å². The fraction of sp³-hybridized carbons (Fsp3) is 0.417. The molecular weight excluding hydrogens is 254 g/mol. The minimum atomic E-state index is 0.202. The van der Waals surface area contributed by atoms with Gasteiger partial charge in [0.25, 0.3) is 0 Å². The Morgan fingerprint density at radius 3 is 3.13 bits per heavy atom. The van der Waals surface area contributed by atoms with Gasteiger partial charge in [-0.25, -0.2) is 0 Å². The highest BCUT2D eigenvalue weighted by molar-refractivity contribution is 9.10. The number of rotatable bonds is 0. The van der Waals surface area contributed by atoms with Crippen molar-refractivity contribution in [2.24, 2.45) is 0 Å². The van der Waals surface area contributed by atoms with Crippen molar-refractivity contribution < 1.29 is 4.79 Å². The van der Waals surface area contributed by atoms with Crippen LogP contribution in [0.5, 0.6) is 0 Å². The molecule has 1 amide bonds. The van der Waals surface area contributed by atoms with Gasteiger partial charge in [0.05, 0.1) is 0 Å². The molecule has 1 saturated heterocycles. The zero-order chi connectivity index (χ0) is 10.4. The number of aryl methyl sites for hydroxylation is 1. The molecule has 1 heterocycles. The van der Waals surface area contributed by atoms with Crippen LogP contribution < -0.4 is 5.32 Å². The Hall–Kier alpha value is -0.830. The zero-order valence-electron chi connectivity index (χ0n) is 8.29. The minimum Gasteiger partial charge on any atom is -0.353 e. The maximum atomic E-state index is 11.4. The average molecular weight is 266 g/mol. The lowest BCUT2D eigenvalue weighted by molar-refractivity contribution is -0.119. The van der Waals surface area contributed by atoms with E-state index in [-0.39, 0.29) is 5.91 Å². The van der Waals surface area contributed by atoms with Crippen LogP contribution in [0.15, 0.2) is 22.7 Å². The van der Waals surface area contributed by atoms with Crippen molar-refractivity contribution in [2.45, 2.75) is 31.2 Å². The number of fused-ring (bicyclic) bond motifs is 3. The highest BCUT2D eigenvalue weighted by Gasteiger charge is 2.38. The summed E-state index contributed by atoms with van der Waals surface area (Å²) in [6.45, 7) is 0. The average Bonchev–Trinajstić information content (AvgIpc) is 2.58. The Morgan fingerprint density at radius 2 is 2.27 bits per heavy atom. The smallest absolute Gasteiger partial charge is 0.220 e. The third-order valence-corrected chi connectivity index (χ3v) is 4.17. The van der Waals surface area contributed by atoms with E-state index in [9.17, 15) is 4.79 Å². The Balaban J connectivity index is 2.10. The molecule has 0 bridgehead atoms. The van der Waals surface area contributed by atoms with Gasteiger partial charge in [-0.3, -0.25) is 4.79 Å². The Bertz CT molecular complexity index is 430. The summed E-state index contributed by atoms with van der Waals surface area (Å²) in [5.41, 5.74) is 2.76. The summed E-state index contributed by atoms with van der Waals surface area (Å²) >= 11 is 3.60. The first kappa shape index (κ1) is 9.40. The number of nitrogens with one attached hydrogen (secondary N) is 1. The van der Waals surface area contributed by atoms with Crippen LogP contribution in [0, 0.1) is 0 Å². The third kappa shape index (κ3) is 1.41. The Morgan fingerprint density at radius 1 is 1.40 bits per heavy atom. The molecule has 1 aliphatic carbocycles. The van der Waals surface area contributed by atoms with Crippen molar-refractivity contribution in [1.82, 2.24) is 5.32 Å². The Labute approximate surface area is 97.2 Å². The summed E-state index contributed by atoms with van der Waals surface area (Å²) in [5.74, 6) is 0.588. The molecule has 0 aromatic heterocycles. The number of carbonyl (C=O) groups excluding carboxylic acids is 1. The van der Waals surface area contributed by atoms with E-state index in [1.165, 1.54) is 11.1 Å². The fourth-order valence-electron chi connectivity index (χ4n) is 2.81. The predicted octanol–water partition coefficient (Wildman–Crippen LogP) is 2.37. The van der Waals surface area contributed by atoms with Gasteiger partial charge in [0.15, 0.2) is 0 Å². The van der Waals surface area contributed by atoms with E-state index in [2.05, 4.69) is 39.4 Å². The molecule has 1 fully saturated rings. The molecule has 0 saturated carbocycles. The number of benzene rings is 1. The molecule has 78 valence electrons. The topological polar surface area (TPSA) is 29.1 Å². The van der Waals surface area contributed by atoms with Crippen LogP contribution in [-0.4, -0.2) is 11.9 Å². The molecule has 3 rings (SSSR count). The minimum absolute atomic E-state index is 0.202. The van der Waals surface area contributed by atoms with Crippen LogP contribution in [0.1, 0.15) is 29.9 Å². The summed E-state index contributed by atoms with van der Waals surface area (Å²) < 4.78 is 1.16. The van der Waals surface area contributed by atoms with Crippen LogP contribution in [0.3, 0.4) is 0 Å². The standard InChI is InChI=1S/C12H12BrNO/c13-9-3-1-2-7-4-5-10-8(12(7)9)6-11(15)14-10/h1-3,8,10H,4-6H2,(H,14,15)/t8-,10-/m1/s1. The molecule has 15 heavy (non-hydrogen) atoms. The van der Waals surface area contributed by atoms with E-state index in [4.69, 9.17) is 0 Å². The van der Waals surface area contributed by atoms with Crippen molar-refractivity contribution in [1.29, 1.82) is 0 Å². The van der Waals surface area contributed by atoms with Crippen molar-refractivity contribution in [3.05, 3.63) is 33.8 Å². The lowest BCUT2D eigenvalue weighted by Gasteiger charge is -2.28. The SMILES string of the molecule is O=C1C[C@H]2c3c(Br)cccc3CC[C@H]2N1. The molecule has 0 unspecified atom stereocenters. The second-order valence-corrected chi connectivity index (χ2v) is 5.19. The molecular formula is C12H12BrNO. The largest absolute Gasteiger partial charge is 0.353 e. The summed E-state index contributed by atoms with van der Waals surface area (Å²) in [5, 5.41) is 3.06. The number of hydrogen-bond acceptors (Lipinski definition) is 1. The first-order valence-electron chi connectivity index (χ1n) is 5.32. The maximum Gasteiger partial charge on any atom is 0.220 e. The van der Waals surface area contributed by atoms with Gasteiger partial charge in [0, 0.05) is 22.9 Å².